The molecule has 0 bridgehead atoms. The van der Waals surface area contributed by atoms with Gasteiger partial charge in [0.05, 0.1) is 6.54 Å². The Morgan fingerprint density at radius 3 is 3.00 bits per heavy atom. The van der Waals surface area contributed by atoms with Crippen LogP contribution in [0.2, 0.25) is 0 Å². The van der Waals surface area contributed by atoms with Crippen molar-refractivity contribution in [2.75, 3.05) is 18.1 Å². The van der Waals surface area contributed by atoms with Crippen LogP contribution in [0, 0.1) is 0 Å². The van der Waals surface area contributed by atoms with Crippen molar-refractivity contribution < 1.29 is 4.79 Å². The molecule has 1 fully saturated rings. The molecule has 0 radical (unpaired) electrons. The summed E-state index contributed by atoms with van der Waals surface area (Å²) in [6, 6.07) is 8.13. The van der Waals surface area contributed by atoms with Gasteiger partial charge in [-0.05, 0) is 43.7 Å². The van der Waals surface area contributed by atoms with Gasteiger partial charge in [0.2, 0.25) is 5.91 Å². The highest BCUT2D eigenvalue weighted by molar-refractivity contribution is 9.10. The molecule has 0 heterocycles. The number of amides is 1. The molecule has 2 atom stereocenters. The lowest BCUT2D eigenvalue weighted by atomic mass is 10.2. The van der Waals surface area contributed by atoms with Crippen LogP contribution in [0.25, 0.3) is 0 Å². The number of benzene rings is 1. The van der Waals surface area contributed by atoms with Gasteiger partial charge in [-0.25, -0.2) is 0 Å². The third kappa shape index (κ3) is 4.82. The number of hydrogen-bond donors (Lipinski definition) is 2. The van der Waals surface area contributed by atoms with Crippen molar-refractivity contribution >= 4 is 39.3 Å². The van der Waals surface area contributed by atoms with E-state index in [1.807, 2.05) is 36.0 Å². The molecule has 0 saturated heterocycles. The lowest BCUT2D eigenvalue weighted by molar-refractivity contribution is -0.115. The largest absolute Gasteiger partial charge is 0.325 e. The second-order valence-electron chi connectivity index (χ2n) is 4.81. The van der Waals surface area contributed by atoms with E-state index in [1.54, 1.807) is 0 Å². The van der Waals surface area contributed by atoms with Crippen LogP contribution in [-0.2, 0) is 4.79 Å². The number of thioether (sulfide) groups is 1. The van der Waals surface area contributed by atoms with Crippen LogP contribution in [-0.4, -0.2) is 30.0 Å². The predicted octanol–water partition coefficient (Wildman–Crippen LogP) is 3.26. The van der Waals surface area contributed by atoms with Crippen molar-refractivity contribution in [2.24, 2.45) is 0 Å². The molecule has 0 spiro atoms. The normalized spacial score (nSPS) is 22.4. The zero-order valence-electron chi connectivity index (χ0n) is 11.0. The van der Waals surface area contributed by atoms with Gasteiger partial charge in [-0.15, -0.1) is 0 Å². The highest BCUT2D eigenvalue weighted by atomic mass is 79.9. The van der Waals surface area contributed by atoms with E-state index in [-0.39, 0.29) is 5.91 Å². The van der Waals surface area contributed by atoms with Gasteiger partial charge in [-0.1, -0.05) is 22.0 Å². The molecule has 1 aliphatic carbocycles. The maximum absolute atomic E-state index is 11.8. The van der Waals surface area contributed by atoms with Crippen molar-refractivity contribution in [3.8, 4) is 0 Å². The van der Waals surface area contributed by atoms with Crippen LogP contribution < -0.4 is 10.6 Å². The molecule has 2 rings (SSSR count). The summed E-state index contributed by atoms with van der Waals surface area (Å²) in [6.45, 7) is 0.387. The van der Waals surface area contributed by atoms with Gasteiger partial charge in [0.1, 0.15) is 0 Å². The van der Waals surface area contributed by atoms with Gasteiger partial charge in [-0.3, -0.25) is 4.79 Å². The van der Waals surface area contributed by atoms with E-state index in [4.69, 9.17) is 0 Å². The fourth-order valence-corrected chi connectivity index (χ4v) is 3.54. The number of anilines is 1. The quantitative estimate of drug-likeness (QED) is 0.862. The van der Waals surface area contributed by atoms with Crippen molar-refractivity contribution in [3.05, 3.63) is 28.7 Å². The average Bonchev–Trinajstić information content (AvgIpc) is 2.84. The zero-order chi connectivity index (χ0) is 13.7. The van der Waals surface area contributed by atoms with Crippen LogP contribution >= 0.6 is 27.7 Å². The molecule has 1 aliphatic rings. The molecule has 104 valence electrons. The Morgan fingerprint density at radius 2 is 2.32 bits per heavy atom. The Labute approximate surface area is 127 Å². The molecule has 1 saturated carbocycles. The highest BCUT2D eigenvalue weighted by Crippen LogP contribution is 2.27. The molecule has 5 heteroatoms. The minimum absolute atomic E-state index is 0.0192. The number of hydrogen-bond acceptors (Lipinski definition) is 3. The van der Waals surface area contributed by atoms with Gasteiger partial charge < -0.3 is 10.6 Å². The maximum Gasteiger partial charge on any atom is 0.238 e. The first-order chi connectivity index (χ1) is 9.17. The summed E-state index contributed by atoms with van der Waals surface area (Å²) in [5.41, 5.74) is 0.828. The minimum Gasteiger partial charge on any atom is -0.325 e. The molecule has 1 amide bonds. The Morgan fingerprint density at radius 1 is 1.47 bits per heavy atom. The summed E-state index contributed by atoms with van der Waals surface area (Å²) >= 11 is 5.32. The minimum atomic E-state index is 0.0192. The topological polar surface area (TPSA) is 41.1 Å². The van der Waals surface area contributed by atoms with E-state index in [0.29, 0.717) is 12.6 Å². The summed E-state index contributed by atoms with van der Waals surface area (Å²) in [6.07, 6.45) is 5.76. The Balaban J connectivity index is 1.73. The van der Waals surface area contributed by atoms with E-state index in [1.165, 1.54) is 19.3 Å². The van der Waals surface area contributed by atoms with E-state index in [0.717, 1.165) is 15.4 Å². The third-order valence-electron chi connectivity index (χ3n) is 3.38. The van der Waals surface area contributed by atoms with E-state index >= 15 is 0 Å². The molecular weight excluding hydrogens is 324 g/mol. The number of rotatable bonds is 5. The first kappa shape index (κ1) is 14.9. The summed E-state index contributed by atoms with van der Waals surface area (Å²) < 4.78 is 0.969. The van der Waals surface area contributed by atoms with Gasteiger partial charge in [0.15, 0.2) is 0 Å². The van der Waals surface area contributed by atoms with E-state index in [2.05, 4.69) is 32.8 Å². The lowest BCUT2D eigenvalue weighted by Gasteiger charge is -2.12. The first-order valence-corrected chi connectivity index (χ1v) is 8.57. The Bertz CT molecular complexity index is 441. The van der Waals surface area contributed by atoms with Crippen LogP contribution in [0.3, 0.4) is 0 Å². The third-order valence-corrected chi connectivity index (χ3v) is 4.97. The molecular formula is C14H19BrN2OS. The molecule has 2 unspecified atom stereocenters. The standard InChI is InChI=1S/C14H19BrN2OS/c1-19-13-6-5-11(8-13)16-9-14(18)17-12-4-2-3-10(15)7-12/h2-4,7,11,13,16H,5-6,8-9H2,1H3,(H,17,18). The van der Waals surface area contributed by atoms with Crippen molar-refractivity contribution in [1.82, 2.24) is 5.32 Å². The van der Waals surface area contributed by atoms with Gasteiger partial charge in [0, 0.05) is 21.5 Å². The smallest absolute Gasteiger partial charge is 0.238 e. The van der Waals surface area contributed by atoms with E-state index < -0.39 is 0 Å². The number of carbonyl (C=O) groups excluding carboxylic acids is 1. The zero-order valence-corrected chi connectivity index (χ0v) is 13.4. The van der Waals surface area contributed by atoms with Crippen LogP contribution in [0.5, 0.6) is 0 Å². The molecule has 19 heavy (non-hydrogen) atoms. The fourth-order valence-electron chi connectivity index (χ4n) is 2.35. The second-order valence-corrected chi connectivity index (χ2v) is 6.86. The number of nitrogens with one attached hydrogen (secondary N) is 2. The molecule has 1 aromatic rings. The SMILES string of the molecule is CSC1CCC(NCC(=O)Nc2cccc(Br)c2)C1. The Hall–Kier alpha value is -0.520. The summed E-state index contributed by atoms with van der Waals surface area (Å²) in [5, 5.41) is 6.99. The predicted molar refractivity (Wildman–Crippen MR) is 85.7 cm³/mol. The highest BCUT2D eigenvalue weighted by Gasteiger charge is 2.23. The van der Waals surface area contributed by atoms with Gasteiger partial charge in [-0.2, -0.15) is 11.8 Å². The van der Waals surface area contributed by atoms with Crippen molar-refractivity contribution in [3.63, 3.8) is 0 Å². The van der Waals surface area contributed by atoms with Gasteiger partial charge in [0.25, 0.3) is 0 Å². The maximum atomic E-state index is 11.8. The van der Waals surface area contributed by atoms with Gasteiger partial charge >= 0.3 is 0 Å². The Kier molecular flexibility index (Phi) is 5.73. The lowest BCUT2D eigenvalue weighted by Crippen LogP contribution is -2.34. The first-order valence-electron chi connectivity index (χ1n) is 6.49. The summed E-state index contributed by atoms with van der Waals surface area (Å²) in [5.74, 6) is 0.0192. The molecule has 0 aliphatic heterocycles. The second kappa shape index (κ2) is 7.31. The van der Waals surface area contributed by atoms with Crippen molar-refractivity contribution in [2.45, 2.75) is 30.6 Å². The number of halogens is 1. The number of carbonyl (C=O) groups is 1. The van der Waals surface area contributed by atoms with Crippen LogP contribution in [0.15, 0.2) is 28.7 Å². The summed E-state index contributed by atoms with van der Waals surface area (Å²) in [7, 11) is 0. The molecule has 2 N–H and O–H groups in total. The molecule has 3 nitrogen and oxygen atoms in total. The van der Waals surface area contributed by atoms with Crippen molar-refractivity contribution in [1.29, 1.82) is 0 Å². The molecule has 1 aromatic carbocycles. The van der Waals surface area contributed by atoms with Crippen LogP contribution in [0.4, 0.5) is 5.69 Å². The van der Waals surface area contributed by atoms with Crippen LogP contribution in [0.1, 0.15) is 19.3 Å². The van der Waals surface area contributed by atoms with E-state index in [9.17, 15) is 4.79 Å². The molecule has 0 aromatic heterocycles. The monoisotopic (exact) mass is 342 g/mol. The fraction of sp³-hybridized carbons (Fsp3) is 0.500. The summed E-state index contributed by atoms with van der Waals surface area (Å²) in [4.78, 5) is 11.8. The average molecular weight is 343 g/mol.